The Morgan fingerprint density at radius 2 is 1.61 bits per heavy atom. The van der Waals surface area contributed by atoms with Gasteiger partial charge in [0.05, 0.1) is 17.6 Å². The van der Waals surface area contributed by atoms with E-state index in [1.807, 2.05) is 45.0 Å². The van der Waals surface area contributed by atoms with E-state index in [0.717, 1.165) is 80.8 Å². The molecule has 0 amide bonds. The molecule has 3 aromatic rings. The van der Waals surface area contributed by atoms with E-state index in [-0.39, 0.29) is 5.97 Å². The summed E-state index contributed by atoms with van der Waals surface area (Å²) in [6, 6.07) is 7.90. The summed E-state index contributed by atoms with van der Waals surface area (Å²) in [4.78, 5) is 27.2. The molecule has 2 aromatic heterocycles. The van der Waals surface area contributed by atoms with E-state index in [9.17, 15) is 4.79 Å². The van der Waals surface area contributed by atoms with Crippen LogP contribution >= 0.6 is 0 Å². The molecule has 9 nitrogen and oxygen atoms in total. The number of rotatable bonds is 19. The van der Waals surface area contributed by atoms with Crippen molar-refractivity contribution in [2.24, 2.45) is 0 Å². The Hall–Kier alpha value is -2.75. The fraction of sp³-hybridized carbons (Fsp3) is 0.656. The zero-order chi connectivity index (χ0) is 29.8. The summed E-state index contributed by atoms with van der Waals surface area (Å²) in [5.74, 6) is 0.965. The van der Waals surface area contributed by atoms with E-state index in [2.05, 4.69) is 40.1 Å². The zero-order valence-corrected chi connectivity index (χ0v) is 26.2. The largest absolute Gasteiger partial charge is 0.458 e. The fourth-order valence-corrected chi connectivity index (χ4v) is 5.42. The Kier molecular flexibility index (Phi) is 12.8. The first kappa shape index (κ1) is 32.8. The minimum atomic E-state index is -0.741. The molecule has 2 heterocycles. The number of pyridine rings is 1. The number of esters is 1. The molecule has 41 heavy (non-hydrogen) atoms. The number of carbonyl (C=O) groups excluding carboxylic acids is 1. The Morgan fingerprint density at radius 1 is 0.927 bits per heavy atom. The van der Waals surface area contributed by atoms with E-state index in [4.69, 9.17) is 20.2 Å². The Bertz CT molecular complexity index is 1240. The second-order valence-electron chi connectivity index (χ2n) is 11.3. The topological polar surface area (TPSA) is 98.7 Å². The van der Waals surface area contributed by atoms with Gasteiger partial charge in [0.1, 0.15) is 23.5 Å². The van der Waals surface area contributed by atoms with E-state index < -0.39 is 5.60 Å². The van der Waals surface area contributed by atoms with Gasteiger partial charge in [-0.15, -0.1) is 0 Å². The number of nitrogens with two attached hydrogens (primary N) is 1. The molecule has 1 aromatic carbocycles. The van der Waals surface area contributed by atoms with E-state index in [1.165, 1.54) is 6.42 Å². The second kappa shape index (κ2) is 16.0. The molecule has 0 aliphatic carbocycles. The Labute approximate surface area is 246 Å². The van der Waals surface area contributed by atoms with Crippen LogP contribution in [0.2, 0.25) is 0 Å². The number of unbranched alkanes of at least 4 members (excludes halogenated alkanes) is 2. The third-order valence-electron chi connectivity index (χ3n) is 7.70. The van der Waals surface area contributed by atoms with Gasteiger partial charge in [0.15, 0.2) is 5.82 Å². The molecular formula is C32H52N6O3. The number of hydrogen-bond donors (Lipinski definition) is 1. The molecule has 0 saturated carbocycles. The first-order valence-electron chi connectivity index (χ1n) is 15.5. The maximum atomic E-state index is 12.9. The lowest BCUT2D eigenvalue weighted by Crippen LogP contribution is -2.34. The smallest absolute Gasteiger partial charge is 0.306 e. The molecule has 0 atom stereocenters. The van der Waals surface area contributed by atoms with Crippen molar-refractivity contribution in [2.45, 2.75) is 92.4 Å². The molecule has 0 radical (unpaired) electrons. The van der Waals surface area contributed by atoms with Crippen LogP contribution in [0.3, 0.4) is 0 Å². The number of para-hydroxylation sites is 1. The molecular weight excluding hydrogens is 516 g/mol. The van der Waals surface area contributed by atoms with Crippen LogP contribution in [-0.2, 0) is 27.4 Å². The van der Waals surface area contributed by atoms with Gasteiger partial charge in [0.25, 0.3) is 0 Å². The quantitative estimate of drug-likeness (QED) is 0.147. The van der Waals surface area contributed by atoms with Gasteiger partial charge in [-0.3, -0.25) is 4.79 Å². The van der Waals surface area contributed by atoms with Crippen molar-refractivity contribution in [3.05, 3.63) is 30.1 Å². The minimum Gasteiger partial charge on any atom is -0.458 e. The molecule has 228 valence electrons. The van der Waals surface area contributed by atoms with E-state index >= 15 is 0 Å². The zero-order valence-electron chi connectivity index (χ0n) is 26.2. The normalized spacial score (nSPS) is 12.3. The van der Waals surface area contributed by atoms with Crippen LogP contribution in [-0.4, -0.2) is 81.8 Å². The van der Waals surface area contributed by atoms with Crippen LogP contribution in [0.1, 0.15) is 79.5 Å². The summed E-state index contributed by atoms with van der Waals surface area (Å²) >= 11 is 0. The summed E-state index contributed by atoms with van der Waals surface area (Å²) in [7, 11) is 0. The van der Waals surface area contributed by atoms with Crippen molar-refractivity contribution in [1.29, 1.82) is 0 Å². The number of ether oxygens (including phenoxy) is 2. The van der Waals surface area contributed by atoms with Crippen molar-refractivity contribution in [3.63, 3.8) is 0 Å². The van der Waals surface area contributed by atoms with Gasteiger partial charge >= 0.3 is 5.97 Å². The molecule has 0 bridgehead atoms. The standard InChI is InChI=1S/C32H52N6O3/c1-7-36(8-2)21-16-22-37(9-3)20-15-11-12-19-28(39)41-32(5,6)24-38-27(23-40-10-4)35-29-30(38)25-17-13-14-18-26(25)34-31(29)33/h13-14,17-18H,7-12,15-16,19-24H2,1-6H3,(H2,33,34). The number of nitrogens with zero attached hydrogens (tertiary/aromatic N) is 5. The lowest BCUT2D eigenvalue weighted by molar-refractivity contribution is -0.157. The van der Waals surface area contributed by atoms with Gasteiger partial charge in [-0.1, -0.05) is 45.4 Å². The number of carbonyl (C=O) groups is 1. The van der Waals surface area contributed by atoms with E-state index in [0.29, 0.717) is 37.5 Å². The first-order chi connectivity index (χ1) is 19.7. The van der Waals surface area contributed by atoms with Gasteiger partial charge in [-0.2, -0.15) is 0 Å². The van der Waals surface area contributed by atoms with Crippen LogP contribution in [0.4, 0.5) is 5.82 Å². The monoisotopic (exact) mass is 568 g/mol. The van der Waals surface area contributed by atoms with Gasteiger partial charge < -0.3 is 29.6 Å². The first-order valence-corrected chi connectivity index (χ1v) is 15.5. The number of benzene rings is 1. The molecule has 0 aliphatic rings. The maximum Gasteiger partial charge on any atom is 0.306 e. The Balaban J connectivity index is 1.56. The van der Waals surface area contributed by atoms with Crippen molar-refractivity contribution < 1.29 is 14.3 Å². The van der Waals surface area contributed by atoms with Crippen molar-refractivity contribution in [1.82, 2.24) is 24.3 Å². The number of fused-ring (bicyclic) bond motifs is 3. The summed E-state index contributed by atoms with van der Waals surface area (Å²) < 4.78 is 13.8. The summed E-state index contributed by atoms with van der Waals surface area (Å²) in [5, 5.41) is 0.961. The highest BCUT2D eigenvalue weighted by Gasteiger charge is 2.27. The molecule has 9 heteroatoms. The number of nitrogen functional groups attached to an aromatic ring is 1. The van der Waals surface area contributed by atoms with Gasteiger partial charge in [0, 0.05) is 18.4 Å². The van der Waals surface area contributed by atoms with Crippen LogP contribution < -0.4 is 5.73 Å². The second-order valence-corrected chi connectivity index (χ2v) is 11.3. The highest BCUT2D eigenvalue weighted by atomic mass is 16.6. The molecule has 0 fully saturated rings. The number of aromatic nitrogens is 3. The van der Waals surface area contributed by atoms with Crippen molar-refractivity contribution >= 4 is 33.7 Å². The van der Waals surface area contributed by atoms with Gasteiger partial charge in [0.2, 0.25) is 0 Å². The molecule has 0 saturated heterocycles. The number of imidazole rings is 1. The predicted octanol–water partition coefficient (Wildman–Crippen LogP) is 5.64. The third kappa shape index (κ3) is 9.38. The highest BCUT2D eigenvalue weighted by molar-refractivity contribution is 6.06. The molecule has 0 unspecified atom stereocenters. The average molecular weight is 569 g/mol. The van der Waals surface area contributed by atoms with Crippen LogP contribution in [0.15, 0.2) is 24.3 Å². The summed E-state index contributed by atoms with van der Waals surface area (Å²) in [6.07, 6.45) is 4.58. The molecule has 3 rings (SSSR count). The van der Waals surface area contributed by atoms with Gasteiger partial charge in [-0.25, -0.2) is 9.97 Å². The SMILES string of the molecule is CCOCc1nc2c(N)nc3ccccc3c2n1CC(C)(C)OC(=O)CCCCCN(CC)CCCN(CC)CC. The van der Waals surface area contributed by atoms with Crippen molar-refractivity contribution in [2.75, 3.05) is 51.6 Å². The predicted molar refractivity (Wildman–Crippen MR) is 168 cm³/mol. The third-order valence-corrected chi connectivity index (χ3v) is 7.70. The number of hydrogen-bond acceptors (Lipinski definition) is 8. The number of anilines is 1. The minimum absolute atomic E-state index is 0.164. The van der Waals surface area contributed by atoms with Crippen LogP contribution in [0.25, 0.3) is 21.9 Å². The van der Waals surface area contributed by atoms with Gasteiger partial charge in [-0.05, 0) is 85.4 Å². The van der Waals surface area contributed by atoms with Crippen LogP contribution in [0.5, 0.6) is 0 Å². The maximum absolute atomic E-state index is 12.9. The molecule has 0 aliphatic heterocycles. The fourth-order valence-electron chi connectivity index (χ4n) is 5.42. The highest BCUT2D eigenvalue weighted by Crippen LogP contribution is 2.31. The lowest BCUT2D eigenvalue weighted by Gasteiger charge is -2.27. The van der Waals surface area contributed by atoms with Crippen molar-refractivity contribution in [3.8, 4) is 0 Å². The average Bonchev–Trinajstić information content (AvgIpc) is 3.30. The summed E-state index contributed by atoms with van der Waals surface area (Å²) in [5.41, 5.74) is 7.92. The lowest BCUT2D eigenvalue weighted by atomic mass is 10.1. The Morgan fingerprint density at radius 3 is 2.32 bits per heavy atom. The molecule has 2 N–H and O–H groups in total. The molecule has 0 spiro atoms. The van der Waals surface area contributed by atoms with Crippen LogP contribution in [0, 0.1) is 0 Å². The van der Waals surface area contributed by atoms with E-state index in [1.54, 1.807) is 0 Å². The summed E-state index contributed by atoms with van der Waals surface area (Å²) in [6.45, 7) is 20.6.